The summed E-state index contributed by atoms with van der Waals surface area (Å²) in [6.07, 6.45) is 6.25. The lowest BCUT2D eigenvalue weighted by Gasteiger charge is -2.36. The molecule has 2 aliphatic heterocycles. The maximum absolute atomic E-state index is 13.1. The van der Waals surface area contributed by atoms with Crippen molar-refractivity contribution in [2.24, 2.45) is 0 Å². The van der Waals surface area contributed by atoms with E-state index >= 15 is 0 Å². The second kappa shape index (κ2) is 26.2. The van der Waals surface area contributed by atoms with Crippen LogP contribution >= 0.6 is 19.6 Å². The van der Waals surface area contributed by atoms with E-state index in [9.17, 15) is 31.0 Å². The summed E-state index contributed by atoms with van der Waals surface area (Å²) < 4.78 is 66.0. The molecule has 0 aliphatic carbocycles. The second-order valence-corrected chi connectivity index (χ2v) is 23.0. The van der Waals surface area contributed by atoms with Crippen LogP contribution in [0.1, 0.15) is 55.6 Å². The van der Waals surface area contributed by atoms with Gasteiger partial charge in [0.05, 0.1) is 36.4 Å². The molecule has 2 aliphatic rings. The lowest BCUT2D eigenvalue weighted by molar-refractivity contribution is 0.0734. The molecule has 6 heterocycles. The van der Waals surface area contributed by atoms with Gasteiger partial charge in [-0.3, -0.25) is 19.0 Å². The Hall–Kier alpha value is -6.13. The van der Waals surface area contributed by atoms with Crippen molar-refractivity contribution in [1.29, 1.82) is 0 Å². The summed E-state index contributed by atoms with van der Waals surface area (Å²) in [5.41, 5.74) is 5.47. The number of hydrogen-bond acceptors (Lipinski definition) is 14. The average Bonchev–Trinajstić information content (AvgIpc) is 3.95. The van der Waals surface area contributed by atoms with E-state index < -0.39 is 28.1 Å². The van der Waals surface area contributed by atoms with Gasteiger partial charge in [0.2, 0.25) is 20.0 Å². The molecule has 8 rings (SSSR count). The van der Waals surface area contributed by atoms with Crippen LogP contribution in [-0.2, 0) is 29.1 Å². The van der Waals surface area contributed by atoms with Crippen LogP contribution in [0.5, 0.6) is 0 Å². The smallest absolute Gasteiger partial charge is 0.380 e. The predicted octanol–water partition coefficient (Wildman–Crippen LogP) is 7.06. The Morgan fingerprint density at radius 1 is 0.671 bits per heavy atom. The van der Waals surface area contributed by atoms with E-state index in [-0.39, 0.29) is 20.2 Å². The van der Waals surface area contributed by atoms with Crippen molar-refractivity contribution in [2.45, 2.75) is 46.7 Å². The molecule has 0 saturated carbocycles. The molecule has 3 radical (unpaired) electrons. The Morgan fingerprint density at radius 2 is 1.07 bits per heavy atom. The highest BCUT2D eigenvalue weighted by Gasteiger charge is 2.27. The van der Waals surface area contributed by atoms with Crippen molar-refractivity contribution in [3.63, 3.8) is 0 Å². The molecule has 2 fully saturated rings. The lowest BCUT2D eigenvalue weighted by Crippen LogP contribution is -2.49. The van der Waals surface area contributed by atoms with Gasteiger partial charge >= 0.3 is 8.03 Å². The fourth-order valence-corrected chi connectivity index (χ4v) is 10.1. The topological polar surface area (TPSA) is 247 Å². The zero-order valence-corrected chi connectivity index (χ0v) is 45.5. The highest BCUT2D eigenvalue weighted by molar-refractivity contribution is 7.92. The van der Waals surface area contributed by atoms with E-state index in [1.807, 2.05) is 41.0 Å². The molecule has 73 heavy (non-hydrogen) atoms. The fourth-order valence-electron chi connectivity index (χ4n) is 8.06. The summed E-state index contributed by atoms with van der Waals surface area (Å²) in [6.45, 7) is 15.8. The van der Waals surface area contributed by atoms with Crippen molar-refractivity contribution in [3.8, 4) is 0 Å². The van der Waals surface area contributed by atoms with E-state index in [1.165, 1.54) is 0 Å². The number of anilines is 6. The fraction of sp³-hybridized carbons (Fsp3) is 0.417. The number of aromatic nitrogens is 4. The Morgan fingerprint density at radius 3 is 1.41 bits per heavy atom. The molecule has 4 aromatic heterocycles. The average molecular weight is 1080 g/mol. The van der Waals surface area contributed by atoms with Crippen molar-refractivity contribution in [3.05, 3.63) is 96.6 Å². The molecule has 2 aromatic carbocycles. The molecule has 2 amide bonds. The Kier molecular flexibility index (Phi) is 20.7. The third-order valence-corrected chi connectivity index (χ3v) is 13.8. The maximum atomic E-state index is 13.1. The first-order valence-corrected chi connectivity index (χ1v) is 29.2. The number of piperazine rings is 2. The van der Waals surface area contributed by atoms with Gasteiger partial charge in [-0.15, -0.1) is 16.1 Å². The van der Waals surface area contributed by atoms with Gasteiger partial charge in [0.25, 0.3) is 11.8 Å². The number of H-pyrrole nitrogens is 2. The molecule has 2 saturated heterocycles. The van der Waals surface area contributed by atoms with Crippen molar-refractivity contribution in [1.82, 2.24) is 29.7 Å². The molecule has 20 nitrogen and oxygen atoms in total. The molecular weight excluding hydrogens is 1010 g/mol. The number of nitrogens with one attached hydrogen (secondary N) is 6. The minimum atomic E-state index is -3.36. The van der Waals surface area contributed by atoms with Crippen LogP contribution in [0.2, 0.25) is 0 Å². The predicted molar refractivity (Wildman–Crippen MR) is 296 cm³/mol. The largest absolute Gasteiger partial charge is 0.509 e. The van der Waals surface area contributed by atoms with Gasteiger partial charge in [0, 0.05) is 118 Å². The number of carbonyl (C=O) groups excluding carboxylic acids is 2. The molecule has 25 heteroatoms. The van der Waals surface area contributed by atoms with Gasteiger partial charge in [-0.05, 0) is 112 Å². The quantitative estimate of drug-likeness (QED) is 0.0323. The number of aromatic amines is 2. The molecule has 0 bridgehead atoms. The normalized spacial score (nSPS) is 14.2. The van der Waals surface area contributed by atoms with Crippen LogP contribution in [0, 0.1) is 0 Å². The number of carbonyl (C=O) groups is 2. The second-order valence-electron chi connectivity index (χ2n) is 17.8. The van der Waals surface area contributed by atoms with E-state index in [0.717, 1.165) is 57.3 Å². The van der Waals surface area contributed by atoms with Crippen LogP contribution in [0.4, 0.5) is 34.4 Å². The number of alkyl halides is 1. The first-order chi connectivity index (χ1) is 34.2. The Labute approximate surface area is 435 Å². The van der Waals surface area contributed by atoms with Gasteiger partial charge in [-0.25, -0.2) is 26.8 Å². The van der Waals surface area contributed by atoms with Gasteiger partial charge in [-0.1, -0.05) is 0 Å². The summed E-state index contributed by atoms with van der Waals surface area (Å²) in [5.74, 6) is 2.09. The number of halogens is 1. The number of amides is 2. The molecule has 0 spiro atoms. The van der Waals surface area contributed by atoms with Crippen LogP contribution in [0.15, 0.2) is 85.2 Å². The van der Waals surface area contributed by atoms with E-state index in [0.29, 0.717) is 106 Å². The number of nitrogens with zero attached hydrogens (tertiary/aromatic N) is 6. The van der Waals surface area contributed by atoms with Crippen LogP contribution in [0.25, 0.3) is 21.8 Å². The molecule has 391 valence electrons. The first-order valence-electron chi connectivity index (χ1n) is 23.6. The number of sulfonamides is 2. The number of benzene rings is 2. The zero-order valence-electron chi connectivity index (χ0n) is 42.2. The summed E-state index contributed by atoms with van der Waals surface area (Å²) >= 11 is 5.27. The monoisotopic (exact) mass is 1080 g/mol. The van der Waals surface area contributed by atoms with Crippen molar-refractivity contribution < 1.29 is 35.5 Å². The Balaban J connectivity index is 0.000000233. The zero-order chi connectivity index (χ0) is 52.2. The van der Waals surface area contributed by atoms with Crippen molar-refractivity contribution >= 4 is 116 Å². The summed E-state index contributed by atoms with van der Waals surface area (Å²) in [6, 6.07) is 22.3. The Bertz CT molecular complexity index is 2850. The summed E-state index contributed by atoms with van der Waals surface area (Å²) in [4.78, 5) is 49.6. The number of rotatable bonds is 16. The number of fused-ring (bicyclic) bond motifs is 2. The first kappa shape index (κ1) is 57.8. The standard InChI is InChI=1S/2C22H28N6O3S.C4H9ClO2P.B/c2*1-15(2)24-19-5-4-8-23-21(19)27-9-11-28(12-10-27)22(29)20-14-16-13-17(26-32(3,30)31)6-7-18(16)25-20;1-2-7-8(6)4-3-5;/h2*4-8,13-15,24-26H,9-12H2,1-3H3;2-4H2,1H3;/q;;+1;. The molecule has 1 atom stereocenters. The molecule has 1 unspecified atom stereocenters. The minimum Gasteiger partial charge on any atom is -0.380 e. The number of pyridine rings is 2. The maximum Gasteiger partial charge on any atom is 0.509 e. The SMILES string of the molecule is CC(C)Nc1cccnc1N1CCN(C(=O)c2cc3cc(NS(C)(=O)=O)ccc3[nH]2)CC1.CC(C)Nc1cccnc1N1CCN(C(=O)c2cc3cc(NS(C)(=O)=O)ccc3[nH]2)CC1.CCO[P+](=O)CCCl.[B]. The molecule has 6 N–H and O–H groups in total. The third-order valence-electron chi connectivity index (χ3n) is 11.0. The van der Waals surface area contributed by atoms with Gasteiger partial charge in [0.1, 0.15) is 11.4 Å². The van der Waals surface area contributed by atoms with E-state index in [4.69, 9.17) is 16.1 Å². The van der Waals surface area contributed by atoms with Crippen LogP contribution in [-0.4, -0.2) is 162 Å². The minimum absolute atomic E-state index is 0. The van der Waals surface area contributed by atoms with Crippen LogP contribution < -0.4 is 29.9 Å². The summed E-state index contributed by atoms with van der Waals surface area (Å²) in [5, 5.41) is 8.42. The van der Waals surface area contributed by atoms with E-state index in [2.05, 4.69) is 77.5 Å². The lowest BCUT2D eigenvalue weighted by atomic mass is 10.2. The molecular formula is C48H65BClN12O8PS2+. The van der Waals surface area contributed by atoms with Gasteiger partial charge < -0.3 is 40.2 Å². The van der Waals surface area contributed by atoms with Gasteiger partial charge in [-0.2, -0.15) is 0 Å². The highest BCUT2D eigenvalue weighted by Crippen LogP contribution is 2.28. The number of hydrogen-bond donors (Lipinski definition) is 6. The van der Waals surface area contributed by atoms with Crippen LogP contribution in [0.3, 0.4) is 0 Å². The molecule has 6 aromatic rings. The summed E-state index contributed by atoms with van der Waals surface area (Å²) in [7, 11) is -8.18. The van der Waals surface area contributed by atoms with Crippen molar-refractivity contribution in [2.75, 3.05) is 113 Å². The van der Waals surface area contributed by atoms with E-state index in [1.54, 1.807) is 60.9 Å². The van der Waals surface area contributed by atoms with Gasteiger partial charge in [0.15, 0.2) is 17.8 Å². The third kappa shape index (κ3) is 17.0. The highest BCUT2D eigenvalue weighted by atomic mass is 35.5.